The van der Waals surface area contributed by atoms with E-state index in [2.05, 4.69) is 5.32 Å². The summed E-state index contributed by atoms with van der Waals surface area (Å²) < 4.78 is -0.0335. The SMILES string of the molecule is Cc1cc(C(=O)N2CC3(C2)SCCC3NC(=O)CC(C)C)ccc1O. The van der Waals surface area contributed by atoms with E-state index >= 15 is 0 Å². The molecular weight excluding hydrogens is 336 g/mol. The lowest BCUT2D eigenvalue weighted by molar-refractivity contribution is -0.123. The zero-order chi connectivity index (χ0) is 18.2. The lowest BCUT2D eigenvalue weighted by Crippen LogP contribution is -2.68. The molecule has 1 aromatic carbocycles. The molecule has 2 aliphatic heterocycles. The predicted octanol–water partition coefficient (Wildman–Crippen LogP) is 2.56. The smallest absolute Gasteiger partial charge is 0.253 e. The van der Waals surface area contributed by atoms with E-state index in [0.717, 1.165) is 12.2 Å². The van der Waals surface area contributed by atoms with E-state index < -0.39 is 0 Å². The summed E-state index contributed by atoms with van der Waals surface area (Å²) in [5, 5.41) is 12.8. The molecule has 0 radical (unpaired) electrons. The molecule has 5 nitrogen and oxygen atoms in total. The fraction of sp³-hybridized carbons (Fsp3) is 0.579. The van der Waals surface area contributed by atoms with Crippen LogP contribution in [0.2, 0.25) is 0 Å². The average Bonchev–Trinajstić information content (AvgIpc) is 2.90. The van der Waals surface area contributed by atoms with Gasteiger partial charge in [-0.05, 0) is 48.8 Å². The van der Waals surface area contributed by atoms with Crippen molar-refractivity contribution in [2.45, 2.75) is 44.4 Å². The number of amides is 2. The number of phenols is 1. The van der Waals surface area contributed by atoms with Crippen molar-refractivity contribution in [1.29, 1.82) is 0 Å². The van der Waals surface area contributed by atoms with Crippen molar-refractivity contribution in [2.75, 3.05) is 18.8 Å². The van der Waals surface area contributed by atoms with Crippen LogP contribution in [0.5, 0.6) is 5.75 Å². The predicted molar refractivity (Wildman–Crippen MR) is 99.9 cm³/mol. The molecule has 1 atom stereocenters. The molecule has 0 aliphatic carbocycles. The van der Waals surface area contributed by atoms with Crippen LogP contribution in [0.1, 0.15) is 42.6 Å². The van der Waals surface area contributed by atoms with E-state index in [-0.39, 0.29) is 28.4 Å². The summed E-state index contributed by atoms with van der Waals surface area (Å²) in [6.45, 7) is 7.22. The number of carbonyl (C=O) groups excluding carboxylic acids is 2. The van der Waals surface area contributed by atoms with E-state index in [9.17, 15) is 14.7 Å². The molecule has 25 heavy (non-hydrogen) atoms. The van der Waals surface area contributed by atoms with Gasteiger partial charge in [0.2, 0.25) is 5.91 Å². The van der Waals surface area contributed by atoms with Gasteiger partial charge in [0, 0.05) is 31.1 Å². The monoisotopic (exact) mass is 362 g/mol. The summed E-state index contributed by atoms with van der Waals surface area (Å²) in [5.74, 6) is 1.68. The maximum absolute atomic E-state index is 12.7. The number of hydrogen-bond acceptors (Lipinski definition) is 4. The second-order valence-corrected chi connectivity index (χ2v) is 9.09. The first-order valence-electron chi connectivity index (χ1n) is 8.83. The van der Waals surface area contributed by atoms with Gasteiger partial charge in [-0.3, -0.25) is 9.59 Å². The fourth-order valence-corrected chi connectivity index (χ4v) is 5.23. The molecule has 1 unspecified atom stereocenters. The third-order valence-corrected chi connectivity index (χ3v) is 6.57. The Morgan fingerprint density at radius 3 is 2.76 bits per heavy atom. The van der Waals surface area contributed by atoms with Gasteiger partial charge in [0.25, 0.3) is 5.91 Å². The van der Waals surface area contributed by atoms with Crippen LogP contribution in [0, 0.1) is 12.8 Å². The zero-order valence-corrected chi connectivity index (χ0v) is 15.9. The summed E-state index contributed by atoms with van der Waals surface area (Å²) in [7, 11) is 0. The molecule has 0 saturated carbocycles. The van der Waals surface area contributed by atoms with E-state index in [4.69, 9.17) is 0 Å². The fourth-order valence-electron chi connectivity index (χ4n) is 3.60. The Balaban J connectivity index is 1.62. The number of thioether (sulfide) groups is 1. The van der Waals surface area contributed by atoms with Crippen LogP contribution < -0.4 is 5.32 Å². The first-order chi connectivity index (χ1) is 11.8. The van der Waals surface area contributed by atoms with Crippen molar-refractivity contribution in [2.24, 2.45) is 5.92 Å². The van der Waals surface area contributed by atoms with Gasteiger partial charge in [0.15, 0.2) is 0 Å². The third-order valence-electron chi connectivity index (χ3n) is 5.01. The molecule has 2 aliphatic rings. The number of nitrogens with one attached hydrogen (secondary N) is 1. The van der Waals surface area contributed by atoms with E-state index in [1.165, 1.54) is 0 Å². The van der Waals surface area contributed by atoms with Crippen LogP contribution in [0.4, 0.5) is 0 Å². The molecule has 2 amide bonds. The van der Waals surface area contributed by atoms with Gasteiger partial charge in [0.05, 0.1) is 4.75 Å². The zero-order valence-electron chi connectivity index (χ0n) is 15.0. The Labute approximate surface area is 153 Å². The van der Waals surface area contributed by atoms with Crippen molar-refractivity contribution >= 4 is 23.6 Å². The van der Waals surface area contributed by atoms with Gasteiger partial charge < -0.3 is 15.3 Å². The van der Waals surface area contributed by atoms with E-state index in [0.29, 0.717) is 36.6 Å². The summed E-state index contributed by atoms with van der Waals surface area (Å²) in [4.78, 5) is 26.6. The first-order valence-corrected chi connectivity index (χ1v) is 9.81. The van der Waals surface area contributed by atoms with Crippen LogP contribution in [0.3, 0.4) is 0 Å². The minimum Gasteiger partial charge on any atom is -0.508 e. The summed E-state index contributed by atoms with van der Waals surface area (Å²) >= 11 is 1.87. The minimum atomic E-state index is -0.0335. The van der Waals surface area contributed by atoms with Crippen LogP contribution in [0.15, 0.2) is 18.2 Å². The molecule has 2 heterocycles. The molecule has 2 N–H and O–H groups in total. The molecule has 2 fully saturated rings. The highest BCUT2D eigenvalue weighted by atomic mass is 32.2. The average molecular weight is 362 g/mol. The topological polar surface area (TPSA) is 69.6 Å². The highest BCUT2D eigenvalue weighted by Gasteiger charge is 2.54. The van der Waals surface area contributed by atoms with Crippen molar-refractivity contribution in [1.82, 2.24) is 10.2 Å². The summed E-state index contributed by atoms with van der Waals surface area (Å²) in [6.07, 6.45) is 1.52. The van der Waals surface area contributed by atoms with E-state index in [1.54, 1.807) is 25.1 Å². The molecule has 136 valence electrons. The number of nitrogens with zero attached hydrogens (tertiary/aromatic N) is 1. The third kappa shape index (κ3) is 3.64. The van der Waals surface area contributed by atoms with Gasteiger partial charge in [-0.25, -0.2) is 0 Å². The number of hydrogen-bond donors (Lipinski definition) is 2. The molecule has 6 heteroatoms. The number of rotatable bonds is 4. The quantitative estimate of drug-likeness (QED) is 0.864. The minimum absolute atomic E-state index is 0.00604. The first kappa shape index (κ1) is 18.1. The Kier molecular flexibility index (Phi) is 5.00. The Morgan fingerprint density at radius 1 is 1.40 bits per heavy atom. The molecule has 1 aromatic rings. The van der Waals surface area contributed by atoms with Crippen LogP contribution >= 0.6 is 11.8 Å². The summed E-state index contributed by atoms with van der Waals surface area (Å²) in [6, 6.07) is 5.11. The second-order valence-electron chi connectivity index (χ2n) is 7.58. The highest BCUT2D eigenvalue weighted by molar-refractivity contribution is 8.01. The standard InChI is InChI=1S/C19H26N2O3S/c1-12(2)8-17(23)20-16-6-7-25-19(16)10-21(11-19)18(24)14-4-5-15(22)13(3)9-14/h4-5,9,12,16,22H,6-8,10-11H2,1-3H3,(H,20,23). The number of carbonyl (C=O) groups is 2. The Hall–Kier alpha value is -1.69. The molecule has 2 saturated heterocycles. The van der Waals surface area contributed by atoms with E-state index in [1.807, 2.05) is 30.5 Å². The number of likely N-dealkylation sites (tertiary alicyclic amines) is 1. The number of aromatic hydroxyl groups is 1. The van der Waals surface area contributed by atoms with Crippen molar-refractivity contribution in [3.63, 3.8) is 0 Å². The van der Waals surface area contributed by atoms with Gasteiger partial charge in [0.1, 0.15) is 5.75 Å². The van der Waals surface area contributed by atoms with Crippen LogP contribution in [-0.2, 0) is 4.79 Å². The van der Waals surface area contributed by atoms with Crippen molar-refractivity contribution in [3.8, 4) is 5.75 Å². The van der Waals surface area contributed by atoms with Crippen molar-refractivity contribution in [3.05, 3.63) is 29.3 Å². The van der Waals surface area contributed by atoms with Crippen LogP contribution in [0.25, 0.3) is 0 Å². The number of aryl methyl sites for hydroxylation is 1. The molecule has 1 spiro atoms. The molecular formula is C19H26N2O3S. The van der Waals surface area contributed by atoms with Gasteiger partial charge in [-0.15, -0.1) is 11.8 Å². The van der Waals surface area contributed by atoms with Gasteiger partial charge in [-0.1, -0.05) is 13.8 Å². The number of phenolic OH excluding ortho intramolecular Hbond substituents is 1. The summed E-state index contributed by atoms with van der Waals surface area (Å²) in [5.41, 5.74) is 1.31. The molecule has 3 rings (SSSR count). The second kappa shape index (κ2) is 6.90. The Bertz CT molecular complexity index is 683. The van der Waals surface area contributed by atoms with Gasteiger partial charge in [-0.2, -0.15) is 0 Å². The maximum Gasteiger partial charge on any atom is 0.253 e. The lowest BCUT2D eigenvalue weighted by Gasteiger charge is -2.50. The van der Waals surface area contributed by atoms with Crippen LogP contribution in [-0.4, -0.2) is 51.5 Å². The molecule has 0 aromatic heterocycles. The largest absolute Gasteiger partial charge is 0.508 e. The van der Waals surface area contributed by atoms with Gasteiger partial charge >= 0.3 is 0 Å². The lowest BCUT2D eigenvalue weighted by atomic mass is 9.88. The molecule has 0 bridgehead atoms. The normalized spacial score (nSPS) is 21.4. The maximum atomic E-state index is 12.7. The number of benzene rings is 1. The van der Waals surface area contributed by atoms with Crippen molar-refractivity contribution < 1.29 is 14.7 Å². The Morgan fingerprint density at radius 2 is 2.12 bits per heavy atom. The highest BCUT2D eigenvalue weighted by Crippen LogP contribution is 2.45.